The average Bonchev–Trinajstić information content (AvgIpc) is 2.26. The van der Waals surface area contributed by atoms with Crippen molar-refractivity contribution in [1.29, 1.82) is 0 Å². The lowest BCUT2D eigenvalue weighted by Crippen LogP contribution is -2.46. The second kappa shape index (κ2) is 5.40. The molecular weight excluding hydrogens is 228 g/mol. The molecule has 1 saturated carbocycles. The summed E-state index contributed by atoms with van der Waals surface area (Å²) in [5, 5.41) is 15.4. The summed E-state index contributed by atoms with van der Waals surface area (Å²) in [7, 11) is 0. The van der Waals surface area contributed by atoms with E-state index in [1.807, 2.05) is 38.1 Å². The Balaban J connectivity index is 2.04. The van der Waals surface area contributed by atoms with E-state index in [9.17, 15) is 9.90 Å². The minimum absolute atomic E-state index is 0.0735. The third-order valence-electron chi connectivity index (χ3n) is 3.06. The number of carbonyl (C=O) groups is 1. The molecule has 4 heteroatoms. The highest BCUT2D eigenvalue weighted by atomic mass is 16.3. The number of aliphatic hydroxyl groups is 1. The molecule has 2 rings (SSSR count). The van der Waals surface area contributed by atoms with Gasteiger partial charge >= 0.3 is 0 Å². The average molecular weight is 248 g/mol. The number of rotatable bonds is 4. The molecule has 0 aromatic heterocycles. The van der Waals surface area contributed by atoms with E-state index in [0.717, 1.165) is 5.69 Å². The predicted octanol–water partition coefficient (Wildman–Crippen LogP) is 1.76. The van der Waals surface area contributed by atoms with Crippen molar-refractivity contribution in [2.45, 2.75) is 44.9 Å². The summed E-state index contributed by atoms with van der Waals surface area (Å²) < 4.78 is 0. The van der Waals surface area contributed by atoms with Gasteiger partial charge in [0.1, 0.15) is 0 Å². The van der Waals surface area contributed by atoms with Crippen LogP contribution in [0.3, 0.4) is 0 Å². The van der Waals surface area contributed by atoms with E-state index in [4.69, 9.17) is 0 Å². The van der Waals surface area contributed by atoms with Crippen LogP contribution in [0.4, 0.5) is 5.69 Å². The van der Waals surface area contributed by atoms with Gasteiger partial charge in [-0.15, -0.1) is 0 Å². The molecule has 98 valence electrons. The number of carbonyl (C=O) groups excluding carboxylic acids is 1. The molecule has 4 nitrogen and oxygen atoms in total. The third-order valence-corrected chi connectivity index (χ3v) is 3.06. The maximum absolute atomic E-state index is 12.1. The largest absolute Gasteiger partial charge is 0.393 e. The Morgan fingerprint density at radius 3 is 2.61 bits per heavy atom. The van der Waals surface area contributed by atoms with Crippen LogP contribution in [0.2, 0.25) is 0 Å². The van der Waals surface area contributed by atoms with E-state index in [2.05, 4.69) is 10.6 Å². The van der Waals surface area contributed by atoms with Crippen LogP contribution in [-0.4, -0.2) is 29.2 Å². The van der Waals surface area contributed by atoms with E-state index in [-0.39, 0.29) is 24.1 Å². The molecule has 1 amide bonds. The summed E-state index contributed by atoms with van der Waals surface area (Å²) in [6.45, 7) is 4.08. The summed E-state index contributed by atoms with van der Waals surface area (Å²) in [6, 6.07) is 7.88. The van der Waals surface area contributed by atoms with Crippen LogP contribution in [-0.2, 0) is 0 Å². The highest BCUT2D eigenvalue weighted by Gasteiger charge is 2.29. The molecular formula is C14H20N2O2. The topological polar surface area (TPSA) is 61.4 Å². The molecule has 1 aromatic carbocycles. The van der Waals surface area contributed by atoms with Gasteiger partial charge in [0.15, 0.2) is 0 Å². The van der Waals surface area contributed by atoms with Crippen LogP contribution in [0.5, 0.6) is 0 Å². The van der Waals surface area contributed by atoms with Crippen molar-refractivity contribution in [3.8, 4) is 0 Å². The maximum Gasteiger partial charge on any atom is 0.253 e. The molecule has 0 unspecified atom stereocenters. The van der Waals surface area contributed by atoms with Crippen molar-refractivity contribution < 1.29 is 9.90 Å². The van der Waals surface area contributed by atoms with Crippen LogP contribution in [0.25, 0.3) is 0 Å². The molecule has 0 spiro atoms. The van der Waals surface area contributed by atoms with Gasteiger partial charge < -0.3 is 15.7 Å². The SMILES string of the molecule is CC(C)Nc1ccccc1C(=O)NC1CC(O)C1. The molecule has 0 heterocycles. The summed E-state index contributed by atoms with van der Waals surface area (Å²) in [4.78, 5) is 12.1. The number of amides is 1. The Morgan fingerprint density at radius 2 is 2.00 bits per heavy atom. The second-order valence-electron chi connectivity index (χ2n) is 5.14. The highest BCUT2D eigenvalue weighted by molar-refractivity contribution is 5.99. The molecule has 0 aliphatic heterocycles. The molecule has 0 saturated heterocycles. The number of aliphatic hydroxyl groups excluding tert-OH is 1. The van der Waals surface area contributed by atoms with Crippen LogP contribution >= 0.6 is 0 Å². The highest BCUT2D eigenvalue weighted by Crippen LogP contribution is 2.21. The molecule has 0 radical (unpaired) electrons. The summed E-state index contributed by atoms with van der Waals surface area (Å²) >= 11 is 0. The fraction of sp³-hybridized carbons (Fsp3) is 0.500. The van der Waals surface area contributed by atoms with Gasteiger partial charge in [0.25, 0.3) is 5.91 Å². The number of nitrogens with one attached hydrogen (secondary N) is 2. The summed E-state index contributed by atoms with van der Waals surface area (Å²) in [5.41, 5.74) is 1.51. The van der Waals surface area contributed by atoms with E-state index in [1.165, 1.54) is 0 Å². The van der Waals surface area contributed by atoms with Crippen LogP contribution in [0, 0.1) is 0 Å². The maximum atomic E-state index is 12.1. The normalized spacial score (nSPS) is 22.4. The van der Waals surface area contributed by atoms with Crippen molar-refractivity contribution >= 4 is 11.6 Å². The zero-order valence-corrected chi connectivity index (χ0v) is 10.8. The predicted molar refractivity (Wildman–Crippen MR) is 71.7 cm³/mol. The van der Waals surface area contributed by atoms with Gasteiger partial charge in [0.2, 0.25) is 0 Å². The van der Waals surface area contributed by atoms with Crippen molar-refractivity contribution in [2.75, 3.05) is 5.32 Å². The van der Waals surface area contributed by atoms with Gasteiger partial charge in [-0.25, -0.2) is 0 Å². The van der Waals surface area contributed by atoms with E-state index in [0.29, 0.717) is 18.4 Å². The Morgan fingerprint density at radius 1 is 1.33 bits per heavy atom. The first-order chi connectivity index (χ1) is 8.56. The Labute approximate surface area is 107 Å². The molecule has 1 aliphatic carbocycles. The van der Waals surface area contributed by atoms with Crippen LogP contribution < -0.4 is 10.6 Å². The van der Waals surface area contributed by atoms with Gasteiger partial charge in [-0.2, -0.15) is 0 Å². The Bertz CT molecular complexity index is 426. The standard InChI is InChI=1S/C14H20N2O2/c1-9(2)15-13-6-4-3-5-12(13)14(18)16-10-7-11(17)8-10/h3-6,9-11,15,17H,7-8H2,1-2H3,(H,16,18). The van der Waals surface area contributed by atoms with Gasteiger partial charge in [-0.05, 0) is 38.8 Å². The first-order valence-corrected chi connectivity index (χ1v) is 6.40. The van der Waals surface area contributed by atoms with Gasteiger partial charge in [0.05, 0.1) is 11.7 Å². The number of para-hydroxylation sites is 1. The lowest BCUT2D eigenvalue weighted by molar-refractivity contribution is 0.0563. The number of anilines is 1. The zero-order chi connectivity index (χ0) is 13.1. The fourth-order valence-electron chi connectivity index (χ4n) is 2.09. The second-order valence-corrected chi connectivity index (χ2v) is 5.14. The smallest absolute Gasteiger partial charge is 0.253 e. The summed E-state index contributed by atoms with van der Waals surface area (Å²) in [6.07, 6.45) is 1.07. The van der Waals surface area contributed by atoms with Crippen molar-refractivity contribution in [3.63, 3.8) is 0 Å². The van der Waals surface area contributed by atoms with Crippen molar-refractivity contribution in [1.82, 2.24) is 5.32 Å². The number of benzene rings is 1. The first kappa shape index (κ1) is 12.9. The lowest BCUT2D eigenvalue weighted by Gasteiger charge is -2.32. The monoisotopic (exact) mass is 248 g/mol. The summed E-state index contributed by atoms with van der Waals surface area (Å²) in [5.74, 6) is -0.0735. The van der Waals surface area contributed by atoms with Crippen molar-refractivity contribution in [3.05, 3.63) is 29.8 Å². The van der Waals surface area contributed by atoms with Crippen LogP contribution in [0.1, 0.15) is 37.0 Å². The molecule has 1 fully saturated rings. The van der Waals surface area contributed by atoms with Gasteiger partial charge in [-0.1, -0.05) is 12.1 Å². The minimum Gasteiger partial charge on any atom is -0.393 e. The fourth-order valence-corrected chi connectivity index (χ4v) is 2.09. The third kappa shape index (κ3) is 3.01. The molecule has 0 atom stereocenters. The molecule has 0 bridgehead atoms. The van der Waals surface area contributed by atoms with E-state index < -0.39 is 0 Å². The van der Waals surface area contributed by atoms with Gasteiger partial charge in [-0.3, -0.25) is 4.79 Å². The van der Waals surface area contributed by atoms with E-state index in [1.54, 1.807) is 0 Å². The van der Waals surface area contributed by atoms with Crippen molar-refractivity contribution in [2.24, 2.45) is 0 Å². The molecule has 18 heavy (non-hydrogen) atoms. The number of hydrogen-bond donors (Lipinski definition) is 3. The zero-order valence-electron chi connectivity index (χ0n) is 10.8. The molecule has 3 N–H and O–H groups in total. The Hall–Kier alpha value is -1.55. The van der Waals surface area contributed by atoms with Crippen LogP contribution in [0.15, 0.2) is 24.3 Å². The van der Waals surface area contributed by atoms with Gasteiger partial charge in [0, 0.05) is 17.8 Å². The first-order valence-electron chi connectivity index (χ1n) is 6.40. The number of hydrogen-bond acceptors (Lipinski definition) is 3. The molecule has 1 aliphatic rings. The Kier molecular flexibility index (Phi) is 3.87. The minimum atomic E-state index is -0.251. The van der Waals surface area contributed by atoms with E-state index >= 15 is 0 Å². The quantitative estimate of drug-likeness (QED) is 0.761. The molecule has 1 aromatic rings. The lowest BCUT2D eigenvalue weighted by atomic mass is 9.89.